The number of halogens is 3. The molecule has 7 heteroatoms. The van der Waals surface area contributed by atoms with Gasteiger partial charge in [-0.25, -0.2) is 0 Å². The van der Waals surface area contributed by atoms with Gasteiger partial charge in [0, 0.05) is 0 Å². The standard InChI is InChI=1S/C14H10Cl2FN3Se/c1-7(12-8(15)5-6-9(17)13(12)16)18-10-3-2-4-11-14(10)20-21-19-11/h2-7,18H,1H3. The van der Waals surface area contributed by atoms with Gasteiger partial charge in [-0.2, -0.15) is 0 Å². The summed E-state index contributed by atoms with van der Waals surface area (Å²) in [5.41, 5.74) is 3.10. The van der Waals surface area contributed by atoms with Crippen molar-refractivity contribution >= 4 is 54.9 Å². The van der Waals surface area contributed by atoms with Gasteiger partial charge in [-0.3, -0.25) is 0 Å². The number of hydrogen-bond donors (Lipinski definition) is 1. The second kappa shape index (κ2) is 5.93. The average Bonchev–Trinajstić information content (AvgIpc) is 2.93. The molecule has 1 heterocycles. The number of aromatic nitrogens is 2. The summed E-state index contributed by atoms with van der Waals surface area (Å²) < 4.78 is 22.4. The molecule has 0 aliphatic rings. The molecular weight excluding hydrogens is 379 g/mol. The molecule has 0 radical (unpaired) electrons. The fraction of sp³-hybridized carbons (Fsp3) is 0.143. The van der Waals surface area contributed by atoms with Gasteiger partial charge < -0.3 is 0 Å². The van der Waals surface area contributed by atoms with Crippen LogP contribution in [0.15, 0.2) is 30.3 Å². The van der Waals surface area contributed by atoms with Gasteiger partial charge >= 0.3 is 137 Å². The van der Waals surface area contributed by atoms with Crippen LogP contribution in [0.4, 0.5) is 10.1 Å². The SMILES string of the molecule is CC(Nc1cccc2n[se]nc12)c1c(Cl)ccc(F)c1Cl. The minimum absolute atomic E-state index is 0.0425. The van der Waals surface area contributed by atoms with Gasteiger partial charge in [0.15, 0.2) is 0 Å². The Balaban J connectivity index is 1.99. The molecule has 0 fully saturated rings. The van der Waals surface area contributed by atoms with Crippen molar-refractivity contribution in [3.05, 3.63) is 51.8 Å². The van der Waals surface area contributed by atoms with E-state index in [-0.39, 0.29) is 26.0 Å². The van der Waals surface area contributed by atoms with E-state index in [2.05, 4.69) is 13.3 Å². The molecule has 3 rings (SSSR count). The van der Waals surface area contributed by atoms with Gasteiger partial charge in [-0.05, 0) is 0 Å². The molecule has 0 saturated carbocycles. The predicted octanol–water partition coefficient (Wildman–Crippen LogP) is 4.31. The van der Waals surface area contributed by atoms with Gasteiger partial charge in [0.1, 0.15) is 0 Å². The molecule has 3 aromatic rings. The summed E-state index contributed by atoms with van der Waals surface area (Å²) in [5.74, 6) is -0.481. The van der Waals surface area contributed by atoms with Crippen molar-refractivity contribution in [2.75, 3.05) is 5.32 Å². The number of benzene rings is 2. The Hall–Kier alpha value is -1.13. The Morgan fingerprint density at radius 3 is 2.81 bits per heavy atom. The van der Waals surface area contributed by atoms with Gasteiger partial charge in [0.05, 0.1) is 0 Å². The summed E-state index contributed by atoms with van der Waals surface area (Å²) in [4.78, 5) is 0. The van der Waals surface area contributed by atoms with Gasteiger partial charge in [0.2, 0.25) is 0 Å². The third-order valence-corrected chi connectivity index (χ3v) is 5.02. The summed E-state index contributed by atoms with van der Waals surface area (Å²) >= 11 is 12.1. The Bertz CT molecular complexity index is 806. The van der Waals surface area contributed by atoms with Gasteiger partial charge in [-0.15, -0.1) is 0 Å². The molecule has 1 unspecified atom stereocenters. The van der Waals surface area contributed by atoms with Gasteiger partial charge in [-0.1, -0.05) is 0 Å². The fourth-order valence-electron chi connectivity index (χ4n) is 2.17. The normalized spacial score (nSPS) is 12.6. The predicted molar refractivity (Wildman–Crippen MR) is 84.9 cm³/mol. The quantitative estimate of drug-likeness (QED) is 0.536. The summed E-state index contributed by atoms with van der Waals surface area (Å²) in [6.07, 6.45) is 0. The summed E-state index contributed by atoms with van der Waals surface area (Å²) in [6, 6.07) is 8.26. The third kappa shape index (κ3) is 2.79. The van der Waals surface area contributed by atoms with Crippen LogP contribution in [0.2, 0.25) is 10.0 Å². The molecule has 3 nitrogen and oxygen atoms in total. The molecule has 21 heavy (non-hydrogen) atoms. The van der Waals surface area contributed by atoms with E-state index in [0.717, 1.165) is 16.7 Å². The van der Waals surface area contributed by atoms with Crippen LogP contribution >= 0.6 is 23.2 Å². The van der Waals surface area contributed by atoms with E-state index in [1.165, 1.54) is 12.1 Å². The van der Waals surface area contributed by atoms with Crippen molar-refractivity contribution in [1.82, 2.24) is 7.96 Å². The topological polar surface area (TPSA) is 37.8 Å². The maximum atomic E-state index is 13.6. The zero-order chi connectivity index (χ0) is 15.0. The first-order valence-corrected chi connectivity index (χ1v) is 8.48. The average molecular weight is 389 g/mol. The molecule has 1 N–H and O–H groups in total. The molecule has 1 aromatic heterocycles. The molecule has 0 spiro atoms. The number of nitrogens with zero attached hydrogens (tertiary/aromatic N) is 2. The Kier molecular flexibility index (Phi) is 4.18. The van der Waals surface area contributed by atoms with Crippen LogP contribution < -0.4 is 5.32 Å². The third-order valence-electron chi connectivity index (χ3n) is 3.17. The molecule has 0 aliphatic carbocycles. The molecule has 0 bridgehead atoms. The van der Waals surface area contributed by atoms with Crippen molar-refractivity contribution < 1.29 is 4.39 Å². The molecule has 108 valence electrons. The number of nitrogens with one attached hydrogen (secondary N) is 1. The maximum absolute atomic E-state index is 13.6. The van der Waals surface area contributed by atoms with Crippen LogP contribution in [0, 0.1) is 5.82 Å². The number of hydrogen-bond acceptors (Lipinski definition) is 3. The van der Waals surface area contributed by atoms with Crippen LogP contribution in [0.25, 0.3) is 11.0 Å². The summed E-state index contributed by atoms with van der Waals surface area (Å²) in [5, 5.41) is 3.76. The van der Waals surface area contributed by atoms with Crippen molar-refractivity contribution in [2.45, 2.75) is 13.0 Å². The van der Waals surface area contributed by atoms with E-state index in [0.29, 0.717) is 10.6 Å². The van der Waals surface area contributed by atoms with E-state index in [9.17, 15) is 4.39 Å². The Morgan fingerprint density at radius 2 is 2.00 bits per heavy atom. The number of rotatable bonds is 3. The van der Waals surface area contributed by atoms with E-state index in [1.54, 1.807) is 0 Å². The zero-order valence-electron chi connectivity index (χ0n) is 10.9. The summed E-state index contributed by atoms with van der Waals surface area (Å²) in [6.45, 7) is 1.88. The molecule has 0 saturated heterocycles. The van der Waals surface area contributed by atoms with E-state index < -0.39 is 5.82 Å². The van der Waals surface area contributed by atoms with Crippen LogP contribution in [0.3, 0.4) is 0 Å². The number of fused-ring (bicyclic) bond motifs is 1. The first-order valence-electron chi connectivity index (χ1n) is 6.19. The van der Waals surface area contributed by atoms with E-state index in [4.69, 9.17) is 23.2 Å². The first-order chi connectivity index (χ1) is 10.1. The fourth-order valence-corrected chi connectivity index (χ4v) is 4.02. The molecule has 1 atom stereocenters. The molecule has 0 aliphatic heterocycles. The second-order valence-electron chi connectivity index (χ2n) is 4.56. The van der Waals surface area contributed by atoms with Crippen LogP contribution in [0.1, 0.15) is 18.5 Å². The van der Waals surface area contributed by atoms with Gasteiger partial charge in [0.25, 0.3) is 0 Å². The number of anilines is 1. The van der Waals surface area contributed by atoms with Crippen molar-refractivity contribution in [3.8, 4) is 0 Å². The van der Waals surface area contributed by atoms with Crippen molar-refractivity contribution in [1.29, 1.82) is 0 Å². The monoisotopic (exact) mass is 389 g/mol. The van der Waals surface area contributed by atoms with E-state index in [1.807, 2.05) is 25.1 Å². The summed E-state index contributed by atoms with van der Waals surface area (Å²) in [7, 11) is 0. The second-order valence-corrected chi connectivity index (χ2v) is 6.45. The molecular formula is C14H10Cl2FN3Se. The molecule has 0 amide bonds. The van der Waals surface area contributed by atoms with Crippen molar-refractivity contribution in [3.63, 3.8) is 0 Å². The molecule has 2 aromatic carbocycles. The van der Waals surface area contributed by atoms with Crippen LogP contribution in [-0.2, 0) is 0 Å². The van der Waals surface area contributed by atoms with Crippen LogP contribution in [-0.4, -0.2) is 22.9 Å². The van der Waals surface area contributed by atoms with E-state index >= 15 is 0 Å². The first kappa shape index (κ1) is 14.8. The Labute approximate surface area is 137 Å². The van der Waals surface area contributed by atoms with Crippen LogP contribution in [0.5, 0.6) is 0 Å². The van der Waals surface area contributed by atoms with Crippen molar-refractivity contribution in [2.24, 2.45) is 0 Å². The zero-order valence-corrected chi connectivity index (χ0v) is 14.1. The minimum atomic E-state index is -0.481. The Morgan fingerprint density at radius 1 is 1.19 bits per heavy atom.